The average molecular weight is 402 g/mol. The number of piperazine rings is 1. The Balaban J connectivity index is 1.31. The van der Waals surface area contributed by atoms with Gasteiger partial charge in [-0.05, 0) is 24.3 Å². The van der Waals surface area contributed by atoms with E-state index in [4.69, 9.17) is 4.98 Å². The number of aromatic amines is 1. The number of aromatic nitrogens is 2. The fourth-order valence-corrected chi connectivity index (χ4v) is 5.52. The highest BCUT2D eigenvalue weighted by Gasteiger charge is 2.35. The van der Waals surface area contributed by atoms with Crippen LogP contribution in [0.25, 0.3) is 20.7 Å². The first-order valence-electron chi connectivity index (χ1n) is 9.35. The number of rotatable bonds is 4. The molecule has 1 aliphatic heterocycles. The molecular weight excluding hydrogens is 380 g/mol. The van der Waals surface area contributed by atoms with Crippen LogP contribution in [0.15, 0.2) is 27.7 Å². The highest BCUT2D eigenvalue weighted by atomic mass is 32.1. The Bertz CT molecular complexity index is 1030. The molecule has 0 radical (unpaired) electrons. The lowest BCUT2D eigenvalue weighted by Gasteiger charge is -2.32. The van der Waals surface area contributed by atoms with Gasteiger partial charge in [-0.15, -0.1) is 22.7 Å². The second-order valence-electron chi connectivity index (χ2n) is 7.35. The van der Waals surface area contributed by atoms with Gasteiger partial charge in [0.15, 0.2) is 5.82 Å². The summed E-state index contributed by atoms with van der Waals surface area (Å²) in [7, 11) is 0. The fourth-order valence-electron chi connectivity index (χ4n) is 3.74. The molecule has 3 aromatic rings. The van der Waals surface area contributed by atoms with E-state index < -0.39 is 0 Å². The molecule has 1 saturated heterocycles. The van der Waals surface area contributed by atoms with Gasteiger partial charge < -0.3 is 14.8 Å². The largest absolute Gasteiger partial charge is 0.331 e. The first kappa shape index (κ1) is 17.1. The van der Waals surface area contributed by atoms with Crippen LogP contribution in [0.1, 0.15) is 18.7 Å². The maximum Gasteiger partial charge on any atom is 0.260 e. The molecule has 1 amide bonds. The molecule has 5 rings (SSSR count). The van der Waals surface area contributed by atoms with E-state index in [1.165, 1.54) is 16.2 Å². The van der Waals surface area contributed by atoms with E-state index in [1.807, 2.05) is 27.8 Å². The van der Waals surface area contributed by atoms with Crippen molar-refractivity contribution in [2.75, 3.05) is 26.2 Å². The normalized spacial score (nSPS) is 18.3. The van der Waals surface area contributed by atoms with E-state index in [1.54, 1.807) is 11.3 Å². The van der Waals surface area contributed by atoms with Crippen LogP contribution in [0, 0.1) is 5.92 Å². The molecule has 0 spiro atoms. The van der Waals surface area contributed by atoms with E-state index in [9.17, 15) is 9.59 Å². The topological polar surface area (TPSA) is 70.5 Å². The zero-order valence-electron chi connectivity index (χ0n) is 14.9. The van der Waals surface area contributed by atoms with E-state index in [2.05, 4.69) is 4.98 Å². The summed E-state index contributed by atoms with van der Waals surface area (Å²) in [4.78, 5) is 37.9. The quantitative estimate of drug-likeness (QED) is 0.693. The molecule has 1 aliphatic carbocycles. The molecule has 2 fully saturated rings. The van der Waals surface area contributed by atoms with E-state index in [0.717, 1.165) is 60.1 Å². The monoisotopic (exact) mass is 401 g/mol. The molecule has 0 atom stereocenters. The van der Waals surface area contributed by atoms with Crippen LogP contribution in [0.2, 0.25) is 0 Å². The molecular formula is C19H21N4O2S2+. The number of nitrogens with zero attached hydrogens (tertiary/aromatic N) is 2. The Morgan fingerprint density at radius 2 is 2.11 bits per heavy atom. The van der Waals surface area contributed by atoms with Gasteiger partial charge in [0.2, 0.25) is 5.91 Å². The minimum absolute atomic E-state index is 0.0541. The number of H-pyrrole nitrogens is 1. The molecule has 6 nitrogen and oxygen atoms in total. The molecule has 1 saturated carbocycles. The smallest absolute Gasteiger partial charge is 0.260 e. The second-order valence-corrected chi connectivity index (χ2v) is 9.15. The molecule has 3 aromatic heterocycles. The van der Waals surface area contributed by atoms with Crippen molar-refractivity contribution in [2.24, 2.45) is 5.92 Å². The van der Waals surface area contributed by atoms with Crippen LogP contribution in [-0.2, 0) is 11.3 Å². The summed E-state index contributed by atoms with van der Waals surface area (Å²) in [6.07, 6.45) is 2.12. The molecule has 8 heteroatoms. The van der Waals surface area contributed by atoms with Crippen molar-refractivity contribution in [2.45, 2.75) is 19.4 Å². The Kier molecular flexibility index (Phi) is 4.34. The van der Waals surface area contributed by atoms with Crippen molar-refractivity contribution >= 4 is 38.8 Å². The SMILES string of the molecule is O=C(C1CC1)N1CC[NH+](Cc2nc3scc(-c4cccs4)c3c(=O)[nH]2)CC1. The van der Waals surface area contributed by atoms with Gasteiger partial charge in [-0.2, -0.15) is 0 Å². The molecule has 27 heavy (non-hydrogen) atoms. The predicted molar refractivity (Wildman–Crippen MR) is 107 cm³/mol. The summed E-state index contributed by atoms with van der Waals surface area (Å²) in [5, 5.41) is 4.74. The lowest BCUT2D eigenvalue weighted by molar-refractivity contribution is -0.918. The number of fused-ring (bicyclic) bond motifs is 1. The molecule has 0 bridgehead atoms. The maximum absolute atomic E-state index is 12.7. The van der Waals surface area contributed by atoms with Gasteiger partial charge in [-0.1, -0.05) is 6.07 Å². The van der Waals surface area contributed by atoms with Crippen molar-refractivity contribution < 1.29 is 9.69 Å². The van der Waals surface area contributed by atoms with Crippen molar-refractivity contribution in [3.63, 3.8) is 0 Å². The van der Waals surface area contributed by atoms with E-state index in [-0.39, 0.29) is 5.56 Å². The summed E-state index contributed by atoms with van der Waals surface area (Å²) < 4.78 is 0. The van der Waals surface area contributed by atoms with Crippen LogP contribution < -0.4 is 10.5 Å². The van der Waals surface area contributed by atoms with Gasteiger partial charge in [0.25, 0.3) is 5.56 Å². The van der Waals surface area contributed by atoms with Gasteiger partial charge >= 0.3 is 0 Å². The van der Waals surface area contributed by atoms with Gasteiger partial charge in [0.05, 0.1) is 31.6 Å². The van der Waals surface area contributed by atoms with E-state index in [0.29, 0.717) is 23.8 Å². The highest BCUT2D eigenvalue weighted by Crippen LogP contribution is 2.33. The average Bonchev–Trinajstić information content (AvgIpc) is 3.20. The Hall–Kier alpha value is -2.03. The molecule has 4 heterocycles. The van der Waals surface area contributed by atoms with Gasteiger partial charge in [-0.3, -0.25) is 9.59 Å². The lowest BCUT2D eigenvalue weighted by atomic mass is 10.2. The van der Waals surface area contributed by atoms with Crippen LogP contribution in [0.4, 0.5) is 0 Å². The third-order valence-electron chi connectivity index (χ3n) is 5.41. The molecule has 0 aromatic carbocycles. The zero-order valence-corrected chi connectivity index (χ0v) is 16.5. The predicted octanol–water partition coefficient (Wildman–Crippen LogP) is 1.35. The number of carbonyl (C=O) groups excluding carboxylic acids is 1. The Labute approximate surface area is 164 Å². The van der Waals surface area contributed by atoms with Crippen LogP contribution >= 0.6 is 22.7 Å². The molecule has 2 aliphatic rings. The number of quaternary nitrogens is 1. The third-order valence-corrected chi connectivity index (χ3v) is 7.18. The number of hydrogen-bond donors (Lipinski definition) is 2. The number of nitrogens with one attached hydrogen (secondary N) is 2. The van der Waals surface area contributed by atoms with Crippen molar-refractivity contribution in [1.29, 1.82) is 0 Å². The summed E-state index contributed by atoms with van der Waals surface area (Å²) in [5.74, 6) is 1.37. The van der Waals surface area contributed by atoms with Crippen LogP contribution in [-0.4, -0.2) is 47.0 Å². The van der Waals surface area contributed by atoms with Gasteiger partial charge in [0.1, 0.15) is 11.4 Å². The van der Waals surface area contributed by atoms with Crippen molar-refractivity contribution in [1.82, 2.24) is 14.9 Å². The lowest BCUT2D eigenvalue weighted by Crippen LogP contribution is -3.13. The zero-order chi connectivity index (χ0) is 18.4. The van der Waals surface area contributed by atoms with Crippen LogP contribution in [0.5, 0.6) is 0 Å². The first-order chi connectivity index (χ1) is 13.2. The molecule has 0 unspecified atom stereocenters. The minimum atomic E-state index is -0.0541. The summed E-state index contributed by atoms with van der Waals surface area (Å²) in [6.45, 7) is 4.12. The highest BCUT2D eigenvalue weighted by molar-refractivity contribution is 7.18. The standard InChI is InChI=1S/C19H20N4O2S2/c24-17-16-13(14-2-1-9-26-14)11-27-18(16)21-15(20-17)10-22-5-7-23(8-6-22)19(25)12-3-4-12/h1-2,9,11-12H,3-8,10H2,(H,20,21,24)/p+1. The number of amides is 1. The van der Waals surface area contributed by atoms with E-state index >= 15 is 0 Å². The number of thiophene rings is 2. The van der Waals surface area contributed by atoms with Crippen LogP contribution in [0.3, 0.4) is 0 Å². The minimum Gasteiger partial charge on any atom is -0.331 e. The number of hydrogen-bond acceptors (Lipinski definition) is 5. The first-order valence-corrected chi connectivity index (χ1v) is 11.1. The maximum atomic E-state index is 12.7. The molecule has 2 N–H and O–H groups in total. The summed E-state index contributed by atoms with van der Waals surface area (Å²) in [6, 6.07) is 4.03. The third kappa shape index (κ3) is 3.33. The fraction of sp³-hybridized carbons (Fsp3) is 0.421. The summed E-state index contributed by atoms with van der Waals surface area (Å²) >= 11 is 3.17. The molecule has 140 valence electrons. The number of carbonyl (C=O) groups is 1. The second kappa shape index (κ2) is 6.85. The Morgan fingerprint density at radius 3 is 2.81 bits per heavy atom. The summed E-state index contributed by atoms with van der Waals surface area (Å²) in [5.41, 5.74) is 0.923. The Morgan fingerprint density at radius 1 is 1.30 bits per heavy atom. The van der Waals surface area contributed by atoms with Crippen molar-refractivity contribution in [3.05, 3.63) is 39.1 Å². The van der Waals surface area contributed by atoms with Gasteiger partial charge in [0, 0.05) is 21.7 Å². The van der Waals surface area contributed by atoms with Crippen molar-refractivity contribution in [3.8, 4) is 10.4 Å². The van der Waals surface area contributed by atoms with Gasteiger partial charge in [-0.25, -0.2) is 4.98 Å².